The summed E-state index contributed by atoms with van der Waals surface area (Å²) in [7, 11) is 1.48. The summed E-state index contributed by atoms with van der Waals surface area (Å²) in [6.45, 7) is 3.82. The molecule has 0 radical (unpaired) electrons. The lowest BCUT2D eigenvalue weighted by Gasteiger charge is -2.14. The van der Waals surface area contributed by atoms with E-state index in [4.69, 9.17) is 0 Å². The number of nitro groups is 1. The second kappa shape index (κ2) is 7.82. The summed E-state index contributed by atoms with van der Waals surface area (Å²) in [5, 5.41) is 16.2. The second-order valence-corrected chi connectivity index (χ2v) is 5.71. The molecule has 1 aromatic carbocycles. The smallest absolute Gasteiger partial charge is 0.285 e. The first-order chi connectivity index (χ1) is 9.90. The average molecular weight is 315 g/mol. The van der Waals surface area contributed by atoms with Crippen LogP contribution in [0.2, 0.25) is 0 Å². The van der Waals surface area contributed by atoms with Crippen LogP contribution in [0.4, 0.5) is 15.8 Å². The van der Waals surface area contributed by atoms with Crippen molar-refractivity contribution in [2.24, 2.45) is 0 Å². The summed E-state index contributed by atoms with van der Waals surface area (Å²) in [6.07, 6.45) is 0. The minimum atomic E-state index is -0.768. The van der Waals surface area contributed by atoms with Crippen LogP contribution in [0.1, 0.15) is 24.2 Å². The van der Waals surface area contributed by atoms with Gasteiger partial charge in [-0.15, -0.1) is 0 Å². The van der Waals surface area contributed by atoms with Gasteiger partial charge in [0.1, 0.15) is 5.56 Å². The van der Waals surface area contributed by atoms with Crippen molar-refractivity contribution in [2.75, 3.05) is 23.9 Å². The van der Waals surface area contributed by atoms with E-state index in [0.29, 0.717) is 5.75 Å². The standard InChI is InChI=1S/C13H18FN3O3S/c1-4-21-7-8(2)16-13(18)9-5-11(15-3)10(14)6-12(9)17(19)20/h5-6,8,15H,4,7H2,1-3H3,(H,16,18). The molecule has 1 aromatic rings. The number of thioether (sulfide) groups is 1. The molecule has 1 rings (SSSR count). The number of nitro benzene ring substituents is 1. The van der Waals surface area contributed by atoms with Crippen molar-refractivity contribution in [3.8, 4) is 0 Å². The van der Waals surface area contributed by atoms with Gasteiger partial charge in [-0.3, -0.25) is 14.9 Å². The quantitative estimate of drug-likeness (QED) is 0.597. The summed E-state index contributed by atoms with van der Waals surface area (Å²) in [4.78, 5) is 22.4. The monoisotopic (exact) mass is 315 g/mol. The number of rotatable bonds is 7. The van der Waals surface area contributed by atoms with E-state index in [1.165, 1.54) is 7.05 Å². The molecule has 0 spiro atoms. The lowest BCUT2D eigenvalue weighted by molar-refractivity contribution is -0.385. The highest BCUT2D eigenvalue weighted by molar-refractivity contribution is 7.99. The van der Waals surface area contributed by atoms with E-state index in [1.807, 2.05) is 13.8 Å². The SMILES string of the molecule is CCSCC(C)NC(=O)c1cc(NC)c(F)cc1[N+](=O)[O-]. The number of amides is 1. The Labute approximate surface area is 126 Å². The summed E-state index contributed by atoms with van der Waals surface area (Å²) in [5.74, 6) is 0.273. The molecule has 1 unspecified atom stereocenters. The second-order valence-electron chi connectivity index (χ2n) is 4.39. The Morgan fingerprint density at radius 1 is 1.52 bits per heavy atom. The van der Waals surface area contributed by atoms with Crippen molar-refractivity contribution in [2.45, 2.75) is 19.9 Å². The predicted octanol–water partition coefficient (Wildman–Crippen LogP) is 2.65. The molecule has 6 nitrogen and oxygen atoms in total. The third kappa shape index (κ3) is 4.59. The zero-order valence-corrected chi connectivity index (χ0v) is 12.9. The number of hydrogen-bond donors (Lipinski definition) is 2. The van der Waals surface area contributed by atoms with Gasteiger partial charge in [-0.05, 0) is 18.7 Å². The minimum absolute atomic E-state index is 0.0429. The normalized spacial score (nSPS) is 11.8. The average Bonchev–Trinajstić information content (AvgIpc) is 2.44. The Morgan fingerprint density at radius 3 is 2.71 bits per heavy atom. The number of hydrogen-bond acceptors (Lipinski definition) is 5. The van der Waals surface area contributed by atoms with Crippen molar-refractivity contribution in [1.29, 1.82) is 0 Å². The molecule has 0 heterocycles. The maximum atomic E-state index is 13.6. The van der Waals surface area contributed by atoms with Gasteiger partial charge in [-0.2, -0.15) is 11.8 Å². The molecule has 0 aliphatic rings. The molecule has 0 fully saturated rings. The molecule has 0 saturated carbocycles. The highest BCUT2D eigenvalue weighted by Gasteiger charge is 2.24. The van der Waals surface area contributed by atoms with Gasteiger partial charge in [0, 0.05) is 18.8 Å². The van der Waals surface area contributed by atoms with Crippen molar-refractivity contribution in [1.82, 2.24) is 5.32 Å². The van der Waals surface area contributed by atoms with Crippen LogP contribution in [0.5, 0.6) is 0 Å². The van der Waals surface area contributed by atoms with Crippen LogP contribution in [0.3, 0.4) is 0 Å². The molecular formula is C13H18FN3O3S. The molecule has 2 N–H and O–H groups in total. The van der Waals surface area contributed by atoms with Crippen LogP contribution in [0, 0.1) is 15.9 Å². The van der Waals surface area contributed by atoms with Gasteiger partial charge < -0.3 is 10.6 Å². The van der Waals surface area contributed by atoms with Gasteiger partial charge in [-0.1, -0.05) is 6.92 Å². The van der Waals surface area contributed by atoms with E-state index in [9.17, 15) is 19.3 Å². The predicted molar refractivity (Wildman–Crippen MR) is 82.5 cm³/mol. The molecule has 21 heavy (non-hydrogen) atoms. The van der Waals surface area contributed by atoms with Crippen LogP contribution in [0.25, 0.3) is 0 Å². The van der Waals surface area contributed by atoms with Crippen molar-refractivity contribution in [3.05, 3.63) is 33.6 Å². The maximum Gasteiger partial charge on any atom is 0.285 e. The van der Waals surface area contributed by atoms with E-state index in [0.717, 1.165) is 17.9 Å². The molecule has 8 heteroatoms. The Kier molecular flexibility index (Phi) is 6.41. The van der Waals surface area contributed by atoms with Crippen LogP contribution in [-0.2, 0) is 0 Å². The zero-order chi connectivity index (χ0) is 16.0. The molecule has 1 amide bonds. The number of nitrogens with one attached hydrogen (secondary N) is 2. The lowest BCUT2D eigenvalue weighted by Crippen LogP contribution is -2.34. The topological polar surface area (TPSA) is 84.3 Å². The highest BCUT2D eigenvalue weighted by atomic mass is 32.2. The van der Waals surface area contributed by atoms with Gasteiger partial charge in [0.15, 0.2) is 5.82 Å². The van der Waals surface area contributed by atoms with Crippen LogP contribution in [-0.4, -0.2) is 35.4 Å². The largest absolute Gasteiger partial charge is 0.386 e. The van der Waals surface area contributed by atoms with Crippen molar-refractivity contribution < 1.29 is 14.1 Å². The van der Waals surface area contributed by atoms with Gasteiger partial charge >= 0.3 is 0 Å². The molecule has 0 bridgehead atoms. The maximum absolute atomic E-state index is 13.6. The van der Waals surface area contributed by atoms with Gasteiger partial charge in [-0.25, -0.2) is 4.39 Å². The minimum Gasteiger partial charge on any atom is -0.386 e. The van der Waals surface area contributed by atoms with E-state index in [-0.39, 0.29) is 17.3 Å². The summed E-state index contributed by atoms with van der Waals surface area (Å²) in [6, 6.07) is 1.78. The first-order valence-corrected chi connectivity index (χ1v) is 7.60. The Hall–Kier alpha value is -1.83. The number of carbonyl (C=O) groups excluding carboxylic acids is 1. The molecule has 0 aromatic heterocycles. The fourth-order valence-electron chi connectivity index (χ4n) is 1.73. The molecule has 0 aliphatic heterocycles. The number of carbonyl (C=O) groups is 1. The van der Waals surface area contributed by atoms with Crippen LogP contribution < -0.4 is 10.6 Å². The van der Waals surface area contributed by atoms with Crippen molar-refractivity contribution in [3.63, 3.8) is 0 Å². The summed E-state index contributed by atoms with van der Waals surface area (Å²) >= 11 is 1.65. The number of anilines is 1. The fraction of sp³-hybridized carbons (Fsp3) is 0.462. The van der Waals surface area contributed by atoms with E-state index >= 15 is 0 Å². The van der Waals surface area contributed by atoms with Gasteiger partial charge in [0.05, 0.1) is 16.7 Å². The lowest BCUT2D eigenvalue weighted by atomic mass is 10.1. The summed E-state index contributed by atoms with van der Waals surface area (Å²) < 4.78 is 13.6. The van der Waals surface area contributed by atoms with E-state index < -0.39 is 22.3 Å². The van der Waals surface area contributed by atoms with Gasteiger partial charge in [0.2, 0.25) is 0 Å². The first-order valence-electron chi connectivity index (χ1n) is 6.45. The number of benzene rings is 1. The zero-order valence-electron chi connectivity index (χ0n) is 12.1. The molecule has 0 aliphatic carbocycles. The fourth-order valence-corrected chi connectivity index (χ4v) is 2.40. The van der Waals surface area contributed by atoms with Crippen LogP contribution in [0.15, 0.2) is 12.1 Å². The Balaban J connectivity index is 3.04. The molecular weight excluding hydrogens is 297 g/mol. The Bertz CT molecular complexity index is 540. The number of nitrogens with zero attached hydrogens (tertiary/aromatic N) is 1. The van der Waals surface area contributed by atoms with E-state index in [1.54, 1.807) is 11.8 Å². The molecule has 1 atom stereocenters. The van der Waals surface area contributed by atoms with Gasteiger partial charge in [0.25, 0.3) is 11.6 Å². The summed E-state index contributed by atoms with van der Waals surface area (Å²) in [5.41, 5.74) is -0.653. The molecule has 0 saturated heterocycles. The molecule has 116 valence electrons. The number of halogens is 1. The van der Waals surface area contributed by atoms with Crippen molar-refractivity contribution >= 4 is 29.0 Å². The first kappa shape index (κ1) is 17.2. The Morgan fingerprint density at radius 2 is 2.19 bits per heavy atom. The van der Waals surface area contributed by atoms with Crippen LogP contribution >= 0.6 is 11.8 Å². The highest BCUT2D eigenvalue weighted by Crippen LogP contribution is 2.26. The third-order valence-electron chi connectivity index (χ3n) is 2.75. The van der Waals surface area contributed by atoms with E-state index in [2.05, 4.69) is 10.6 Å². The third-order valence-corrected chi connectivity index (χ3v) is 3.89.